The second kappa shape index (κ2) is 5.13. The van der Waals surface area contributed by atoms with Crippen LogP contribution in [0.3, 0.4) is 0 Å². The Balaban J connectivity index is 3.75. The zero-order valence-corrected chi connectivity index (χ0v) is 8.09. The standard InChI is InChI=1S/C9H18N2O/c1-4-8(5-10)11-6-9(2,3)7-12/h8,11-12H,4,6-7H2,1-3H3. The maximum absolute atomic E-state index is 8.93. The van der Waals surface area contributed by atoms with E-state index in [-0.39, 0.29) is 18.1 Å². The highest BCUT2D eigenvalue weighted by Crippen LogP contribution is 2.11. The Morgan fingerprint density at radius 3 is 2.50 bits per heavy atom. The predicted octanol–water partition coefficient (Wildman–Crippen LogP) is 0.897. The van der Waals surface area contributed by atoms with Gasteiger partial charge in [0.05, 0.1) is 12.1 Å². The molecule has 1 unspecified atom stereocenters. The van der Waals surface area contributed by atoms with Crippen molar-refractivity contribution in [1.82, 2.24) is 5.32 Å². The minimum absolute atomic E-state index is 0.0872. The summed E-state index contributed by atoms with van der Waals surface area (Å²) >= 11 is 0. The van der Waals surface area contributed by atoms with E-state index in [9.17, 15) is 0 Å². The van der Waals surface area contributed by atoms with E-state index < -0.39 is 0 Å². The van der Waals surface area contributed by atoms with Gasteiger partial charge < -0.3 is 10.4 Å². The molecular formula is C9H18N2O. The first kappa shape index (κ1) is 11.4. The van der Waals surface area contributed by atoms with Crippen LogP contribution in [0.25, 0.3) is 0 Å². The van der Waals surface area contributed by atoms with Crippen molar-refractivity contribution in [3.05, 3.63) is 0 Å². The lowest BCUT2D eigenvalue weighted by molar-refractivity contribution is 0.155. The van der Waals surface area contributed by atoms with E-state index in [2.05, 4.69) is 11.4 Å². The molecule has 0 saturated heterocycles. The van der Waals surface area contributed by atoms with Gasteiger partial charge in [-0.3, -0.25) is 0 Å². The molecule has 1 atom stereocenters. The number of aliphatic hydroxyl groups is 1. The van der Waals surface area contributed by atoms with Gasteiger partial charge >= 0.3 is 0 Å². The third-order valence-electron chi connectivity index (χ3n) is 1.82. The van der Waals surface area contributed by atoms with Crippen LogP contribution >= 0.6 is 0 Å². The van der Waals surface area contributed by atoms with E-state index in [1.165, 1.54) is 0 Å². The summed E-state index contributed by atoms with van der Waals surface area (Å²) in [5, 5.41) is 20.6. The molecule has 0 aliphatic carbocycles. The molecule has 70 valence electrons. The Bertz CT molecular complexity index is 160. The van der Waals surface area contributed by atoms with Crippen LogP contribution in [0.4, 0.5) is 0 Å². The molecule has 2 N–H and O–H groups in total. The van der Waals surface area contributed by atoms with Crippen molar-refractivity contribution in [3.8, 4) is 6.07 Å². The molecule has 0 aromatic rings. The smallest absolute Gasteiger partial charge is 0.0950 e. The average molecular weight is 170 g/mol. The summed E-state index contributed by atoms with van der Waals surface area (Å²) < 4.78 is 0. The first-order chi connectivity index (χ1) is 5.55. The van der Waals surface area contributed by atoms with Gasteiger partial charge in [0.1, 0.15) is 0 Å². The first-order valence-corrected chi connectivity index (χ1v) is 4.29. The first-order valence-electron chi connectivity index (χ1n) is 4.29. The fourth-order valence-corrected chi connectivity index (χ4v) is 0.737. The Labute approximate surface area is 74.4 Å². The third kappa shape index (κ3) is 4.32. The highest BCUT2D eigenvalue weighted by molar-refractivity contribution is 4.89. The van der Waals surface area contributed by atoms with Gasteiger partial charge in [0.25, 0.3) is 0 Å². The summed E-state index contributed by atoms with van der Waals surface area (Å²) in [4.78, 5) is 0. The van der Waals surface area contributed by atoms with Gasteiger partial charge in [0, 0.05) is 18.6 Å². The molecule has 0 aliphatic rings. The van der Waals surface area contributed by atoms with Crippen molar-refractivity contribution in [1.29, 1.82) is 5.26 Å². The lowest BCUT2D eigenvalue weighted by Crippen LogP contribution is -2.37. The zero-order valence-electron chi connectivity index (χ0n) is 8.09. The number of nitriles is 1. The molecule has 0 fully saturated rings. The zero-order chi connectivity index (χ0) is 9.61. The molecule has 0 radical (unpaired) electrons. The Hall–Kier alpha value is -0.590. The second-order valence-electron chi connectivity index (χ2n) is 3.79. The van der Waals surface area contributed by atoms with Crippen LogP contribution in [0.5, 0.6) is 0 Å². The number of nitrogens with zero attached hydrogens (tertiary/aromatic N) is 1. The van der Waals surface area contributed by atoms with Gasteiger partial charge in [-0.05, 0) is 6.42 Å². The van der Waals surface area contributed by atoms with Gasteiger partial charge in [-0.25, -0.2) is 0 Å². The van der Waals surface area contributed by atoms with Crippen molar-refractivity contribution in [3.63, 3.8) is 0 Å². The number of nitrogens with one attached hydrogen (secondary N) is 1. The minimum Gasteiger partial charge on any atom is -0.396 e. The molecule has 0 rings (SSSR count). The maximum Gasteiger partial charge on any atom is 0.0950 e. The molecule has 0 bridgehead atoms. The van der Waals surface area contributed by atoms with E-state index >= 15 is 0 Å². The largest absolute Gasteiger partial charge is 0.396 e. The molecule has 12 heavy (non-hydrogen) atoms. The van der Waals surface area contributed by atoms with Crippen molar-refractivity contribution in [2.75, 3.05) is 13.2 Å². The molecule has 3 heteroatoms. The quantitative estimate of drug-likeness (QED) is 0.644. The monoisotopic (exact) mass is 170 g/mol. The topological polar surface area (TPSA) is 56.0 Å². The summed E-state index contributed by atoms with van der Waals surface area (Å²) in [6.45, 7) is 6.71. The molecular weight excluding hydrogens is 152 g/mol. The van der Waals surface area contributed by atoms with Crippen molar-refractivity contribution in [2.45, 2.75) is 33.2 Å². The summed E-state index contributed by atoms with van der Waals surface area (Å²) in [6.07, 6.45) is 0.804. The van der Waals surface area contributed by atoms with Gasteiger partial charge in [-0.2, -0.15) is 5.26 Å². The average Bonchev–Trinajstić information content (AvgIpc) is 2.06. The highest BCUT2D eigenvalue weighted by Gasteiger charge is 2.17. The lowest BCUT2D eigenvalue weighted by atomic mass is 9.94. The van der Waals surface area contributed by atoms with Crippen LogP contribution in [0.15, 0.2) is 0 Å². The summed E-state index contributed by atoms with van der Waals surface area (Å²) in [6, 6.07) is 2.07. The summed E-state index contributed by atoms with van der Waals surface area (Å²) in [7, 11) is 0. The van der Waals surface area contributed by atoms with Crippen molar-refractivity contribution < 1.29 is 5.11 Å². The van der Waals surface area contributed by atoms with Gasteiger partial charge in [-0.1, -0.05) is 20.8 Å². The fraction of sp³-hybridized carbons (Fsp3) is 0.889. The molecule has 0 amide bonds. The highest BCUT2D eigenvalue weighted by atomic mass is 16.3. The molecule has 0 aromatic heterocycles. The predicted molar refractivity (Wildman–Crippen MR) is 48.6 cm³/mol. The van der Waals surface area contributed by atoms with Crippen LogP contribution in [-0.4, -0.2) is 24.3 Å². The molecule has 0 aliphatic heterocycles. The molecule has 0 spiro atoms. The van der Waals surface area contributed by atoms with Gasteiger partial charge in [0.2, 0.25) is 0 Å². The van der Waals surface area contributed by atoms with Crippen LogP contribution in [0.1, 0.15) is 27.2 Å². The number of hydrogen-bond donors (Lipinski definition) is 2. The van der Waals surface area contributed by atoms with Crippen LogP contribution < -0.4 is 5.32 Å². The maximum atomic E-state index is 8.93. The van der Waals surface area contributed by atoms with E-state index in [1.54, 1.807) is 0 Å². The molecule has 3 nitrogen and oxygen atoms in total. The normalized spacial score (nSPS) is 13.9. The SMILES string of the molecule is CCC(C#N)NCC(C)(C)CO. The Kier molecular flexibility index (Phi) is 4.87. The molecule has 0 heterocycles. The minimum atomic E-state index is -0.135. The number of rotatable bonds is 5. The van der Waals surface area contributed by atoms with E-state index in [0.29, 0.717) is 6.54 Å². The lowest BCUT2D eigenvalue weighted by Gasteiger charge is -2.23. The van der Waals surface area contributed by atoms with Crippen LogP contribution in [-0.2, 0) is 0 Å². The Morgan fingerprint density at radius 1 is 1.58 bits per heavy atom. The third-order valence-corrected chi connectivity index (χ3v) is 1.82. The van der Waals surface area contributed by atoms with E-state index in [1.807, 2.05) is 20.8 Å². The number of hydrogen-bond acceptors (Lipinski definition) is 3. The van der Waals surface area contributed by atoms with Gasteiger partial charge in [0.15, 0.2) is 0 Å². The molecule has 0 aromatic carbocycles. The molecule has 0 saturated carbocycles. The van der Waals surface area contributed by atoms with Crippen molar-refractivity contribution >= 4 is 0 Å². The summed E-state index contributed by atoms with van der Waals surface area (Å²) in [5.41, 5.74) is -0.135. The van der Waals surface area contributed by atoms with Crippen molar-refractivity contribution in [2.24, 2.45) is 5.41 Å². The van der Waals surface area contributed by atoms with Crippen LogP contribution in [0.2, 0.25) is 0 Å². The fourth-order valence-electron chi connectivity index (χ4n) is 0.737. The van der Waals surface area contributed by atoms with E-state index in [4.69, 9.17) is 10.4 Å². The Morgan fingerprint density at radius 2 is 2.17 bits per heavy atom. The van der Waals surface area contributed by atoms with Gasteiger partial charge in [-0.15, -0.1) is 0 Å². The van der Waals surface area contributed by atoms with Crippen LogP contribution in [0, 0.1) is 16.7 Å². The second-order valence-corrected chi connectivity index (χ2v) is 3.79. The number of aliphatic hydroxyl groups excluding tert-OH is 1. The van der Waals surface area contributed by atoms with E-state index in [0.717, 1.165) is 6.42 Å². The summed E-state index contributed by atoms with van der Waals surface area (Å²) in [5.74, 6) is 0.